The molecule has 2 amide bonds. The molecular weight excluding hydrogens is 312 g/mol. The molecule has 0 aliphatic heterocycles. The van der Waals surface area contributed by atoms with Gasteiger partial charge in [-0.3, -0.25) is 4.79 Å². The summed E-state index contributed by atoms with van der Waals surface area (Å²) in [4.78, 5) is 23.9. The van der Waals surface area contributed by atoms with E-state index in [0.29, 0.717) is 11.3 Å². The summed E-state index contributed by atoms with van der Waals surface area (Å²) in [6.45, 7) is 5.90. The second kappa shape index (κ2) is 8.83. The number of allylic oxidation sites excluding steroid dienone is 1. The number of amides is 2. The number of ketones is 1. The van der Waals surface area contributed by atoms with Gasteiger partial charge in [-0.25, -0.2) is 4.79 Å². The average molecular weight is 336 g/mol. The second-order valence-electron chi connectivity index (χ2n) is 6.12. The van der Waals surface area contributed by atoms with Gasteiger partial charge in [-0.05, 0) is 61.7 Å². The van der Waals surface area contributed by atoms with E-state index in [4.69, 9.17) is 0 Å². The lowest BCUT2D eigenvalue weighted by Crippen LogP contribution is -2.34. The molecule has 0 fully saturated rings. The molecule has 0 spiro atoms. The molecule has 0 atom stereocenters. The topological polar surface area (TPSA) is 58.2 Å². The third-order valence-corrected chi connectivity index (χ3v) is 3.66. The van der Waals surface area contributed by atoms with Crippen molar-refractivity contribution in [1.29, 1.82) is 0 Å². The van der Waals surface area contributed by atoms with Crippen molar-refractivity contribution in [3.8, 4) is 0 Å². The third-order valence-electron chi connectivity index (χ3n) is 3.66. The van der Waals surface area contributed by atoms with Crippen molar-refractivity contribution in [1.82, 2.24) is 5.32 Å². The molecule has 0 saturated heterocycles. The fourth-order valence-electron chi connectivity index (χ4n) is 2.28. The zero-order chi connectivity index (χ0) is 18.2. The summed E-state index contributed by atoms with van der Waals surface area (Å²) >= 11 is 0. The van der Waals surface area contributed by atoms with E-state index in [-0.39, 0.29) is 17.9 Å². The molecule has 0 aliphatic rings. The molecule has 0 radical (unpaired) electrons. The van der Waals surface area contributed by atoms with Gasteiger partial charge in [0.15, 0.2) is 5.78 Å². The van der Waals surface area contributed by atoms with E-state index < -0.39 is 0 Å². The molecule has 2 aromatic carbocycles. The van der Waals surface area contributed by atoms with Crippen molar-refractivity contribution >= 4 is 23.6 Å². The van der Waals surface area contributed by atoms with Crippen molar-refractivity contribution in [3.05, 3.63) is 71.3 Å². The van der Waals surface area contributed by atoms with Gasteiger partial charge in [-0.1, -0.05) is 37.3 Å². The highest BCUT2D eigenvalue weighted by molar-refractivity contribution is 6.07. The largest absolute Gasteiger partial charge is 0.336 e. The van der Waals surface area contributed by atoms with Crippen LogP contribution in [0, 0.1) is 0 Å². The summed E-state index contributed by atoms with van der Waals surface area (Å²) in [6.07, 6.45) is 4.37. The number of carbonyl (C=O) groups excluding carboxylic acids is 2. The minimum absolute atomic E-state index is 0.0670. The van der Waals surface area contributed by atoms with Crippen LogP contribution in [-0.2, 0) is 6.42 Å². The lowest BCUT2D eigenvalue weighted by Gasteiger charge is -2.10. The summed E-state index contributed by atoms with van der Waals surface area (Å²) in [7, 11) is 0. The van der Waals surface area contributed by atoms with E-state index in [2.05, 4.69) is 29.7 Å². The van der Waals surface area contributed by atoms with Gasteiger partial charge in [-0.15, -0.1) is 0 Å². The summed E-state index contributed by atoms with van der Waals surface area (Å²) in [6, 6.07) is 14.8. The van der Waals surface area contributed by atoms with Crippen LogP contribution in [0.25, 0.3) is 6.08 Å². The zero-order valence-corrected chi connectivity index (χ0v) is 14.9. The van der Waals surface area contributed by atoms with E-state index >= 15 is 0 Å². The summed E-state index contributed by atoms with van der Waals surface area (Å²) < 4.78 is 0. The SMILES string of the molecule is CCc1ccc(/C=C/C(=O)c2ccc(NC(=O)NC(C)C)cc2)cc1. The van der Waals surface area contributed by atoms with Gasteiger partial charge in [0.05, 0.1) is 0 Å². The van der Waals surface area contributed by atoms with Gasteiger partial charge in [0, 0.05) is 17.3 Å². The first kappa shape index (κ1) is 18.5. The average Bonchev–Trinajstić information content (AvgIpc) is 2.60. The summed E-state index contributed by atoms with van der Waals surface area (Å²) in [5.41, 5.74) is 3.49. The highest BCUT2D eigenvalue weighted by atomic mass is 16.2. The molecule has 4 heteroatoms. The normalized spacial score (nSPS) is 10.9. The van der Waals surface area contributed by atoms with Gasteiger partial charge < -0.3 is 10.6 Å². The lowest BCUT2D eigenvalue weighted by atomic mass is 10.1. The van der Waals surface area contributed by atoms with Crippen LogP contribution in [0.1, 0.15) is 42.3 Å². The van der Waals surface area contributed by atoms with E-state index in [1.807, 2.05) is 32.1 Å². The smallest absolute Gasteiger partial charge is 0.319 e. The zero-order valence-electron chi connectivity index (χ0n) is 14.9. The number of nitrogens with one attached hydrogen (secondary N) is 2. The predicted octanol–water partition coefficient (Wildman–Crippen LogP) is 4.68. The minimum atomic E-state index is -0.260. The third kappa shape index (κ3) is 5.92. The molecule has 0 aromatic heterocycles. The number of rotatable bonds is 6. The highest BCUT2D eigenvalue weighted by Crippen LogP contribution is 2.12. The molecule has 2 aromatic rings. The summed E-state index contributed by atoms with van der Waals surface area (Å²) in [5, 5.41) is 5.48. The molecule has 0 aliphatic carbocycles. The Morgan fingerprint density at radius 1 is 1.00 bits per heavy atom. The molecule has 0 unspecified atom stereocenters. The number of hydrogen-bond donors (Lipinski definition) is 2. The Hall–Kier alpha value is -2.88. The molecule has 0 heterocycles. The molecule has 0 saturated carbocycles. The maximum atomic E-state index is 12.2. The molecule has 25 heavy (non-hydrogen) atoms. The summed E-state index contributed by atoms with van der Waals surface area (Å²) in [5.74, 6) is -0.0715. The Morgan fingerprint density at radius 2 is 1.64 bits per heavy atom. The number of carbonyl (C=O) groups is 2. The maximum absolute atomic E-state index is 12.2. The van der Waals surface area contributed by atoms with Crippen molar-refractivity contribution in [2.45, 2.75) is 33.2 Å². The Balaban J connectivity index is 1.97. The van der Waals surface area contributed by atoms with Crippen molar-refractivity contribution in [2.24, 2.45) is 0 Å². The van der Waals surface area contributed by atoms with Crippen LogP contribution in [-0.4, -0.2) is 17.9 Å². The fourth-order valence-corrected chi connectivity index (χ4v) is 2.28. The van der Waals surface area contributed by atoms with Crippen LogP contribution in [0.4, 0.5) is 10.5 Å². The van der Waals surface area contributed by atoms with Crippen LogP contribution in [0.15, 0.2) is 54.6 Å². The Kier molecular flexibility index (Phi) is 6.52. The van der Waals surface area contributed by atoms with Gasteiger partial charge in [0.2, 0.25) is 0 Å². The van der Waals surface area contributed by atoms with E-state index in [9.17, 15) is 9.59 Å². The van der Waals surface area contributed by atoms with E-state index in [1.54, 1.807) is 30.3 Å². The first-order valence-corrected chi connectivity index (χ1v) is 8.47. The number of urea groups is 1. The molecule has 2 rings (SSSR count). The first-order valence-electron chi connectivity index (χ1n) is 8.47. The van der Waals surface area contributed by atoms with Gasteiger partial charge in [-0.2, -0.15) is 0 Å². The van der Waals surface area contributed by atoms with Gasteiger partial charge in [0.25, 0.3) is 0 Å². The van der Waals surface area contributed by atoms with E-state index in [1.165, 1.54) is 5.56 Å². The van der Waals surface area contributed by atoms with Crippen LogP contribution in [0.3, 0.4) is 0 Å². The van der Waals surface area contributed by atoms with Crippen molar-refractivity contribution in [2.75, 3.05) is 5.32 Å². The molecule has 130 valence electrons. The number of anilines is 1. The maximum Gasteiger partial charge on any atom is 0.319 e. The molecule has 0 bridgehead atoms. The molecule has 4 nitrogen and oxygen atoms in total. The number of aryl methyl sites for hydroxylation is 1. The van der Waals surface area contributed by atoms with Crippen molar-refractivity contribution in [3.63, 3.8) is 0 Å². The molecule has 2 N–H and O–H groups in total. The highest BCUT2D eigenvalue weighted by Gasteiger charge is 2.05. The lowest BCUT2D eigenvalue weighted by molar-refractivity contribution is 0.104. The number of hydrogen-bond acceptors (Lipinski definition) is 2. The van der Waals surface area contributed by atoms with E-state index in [0.717, 1.165) is 12.0 Å². The fraction of sp³-hybridized carbons (Fsp3) is 0.238. The predicted molar refractivity (Wildman–Crippen MR) is 103 cm³/mol. The standard InChI is InChI=1S/C21H24N2O2/c1-4-16-5-7-17(8-6-16)9-14-20(24)18-10-12-19(13-11-18)23-21(25)22-15(2)3/h5-15H,4H2,1-3H3,(H2,22,23,25)/b14-9+. The van der Waals surface area contributed by atoms with Crippen LogP contribution in [0.5, 0.6) is 0 Å². The van der Waals surface area contributed by atoms with Gasteiger partial charge in [0.1, 0.15) is 0 Å². The monoisotopic (exact) mass is 336 g/mol. The second-order valence-corrected chi connectivity index (χ2v) is 6.12. The molecular formula is C21H24N2O2. The Bertz CT molecular complexity index is 744. The van der Waals surface area contributed by atoms with Crippen LogP contribution in [0.2, 0.25) is 0 Å². The Labute approximate surface area is 149 Å². The van der Waals surface area contributed by atoms with Crippen molar-refractivity contribution < 1.29 is 9.59 Å². The number of benzene rings is 2. The Morgan fingerprint density at radius 3 is 2.20 bits per heavy atom. The minimum Gasteiger partial charge on any atom is -0.336 e. The van der Waals surface area contributed by atoms with Crippen LogP contribution < -0.4 is 10.6 Å². The quantitative estimate of drug-likeness (QED) is 0.594. The van der Waals surface area contributed by atoms with Crippen LogP contribution >= 0.6 is 0 Å². The van der Waals surface area contributed by atoms with Gasteiger partial charge >= 0.3 is 6.03 Å². The first-order chi connectivity index (χ1) is 12.0.